The van der Waals surface area contributed by atoms with Crippen LogP contribution in [-0.4, -0.2) is 19.3 Å². The Labute approximate surface area is 141 Å². The monoisotopic (exact) mass is 332 g/mol. The number of hydrogen-bond acceptors (Lipinski definition) is 2. The zero-order valence-electron chi connectivity index (χ0n) is 13.1. The topological polar surface area (TPSA) is 50.4 Å². The van der Waals surface area contributed by atoms with Crippen LogP contribution in [0.25, 0.3) is 0 Å². The summed E-state index contributed by atoms with van der Waals surface area (Å²) < 4.78 is 5.59. The minimum atomic E-state index is -0.243. The summed E-state index contributed by atoms with van der Waals surface area (Å²) >= 11 is 5.83. The van der Waals surface area contributed by atoms with Crippen LogP contribution in [0.2, 0.25) is 5.02 Å². The van der Waals surface area contributed by atoms with Crippen LogP contribution in [0.5, 0.6) is 5.75 Å². The number of carbonyl (C=O) groups excluding carboxylic acids is 1. The Morgan fingerprint density at radius 3 is 2.57 bits per heavy atom. The molecule has 0 saturated heterocycles. The van der Waals surface area contributed by atoms with Gasteiger partial charge in [0.15, 0.2) is 6.73 Å². The molecule has 0 heterocycles. The zero-order chi connectivity index (χ0) is 16.5. The third kappa shape index (κ3) is 5.83. The van der Waals surface area contributed by atoms with Gasteiger partial charge in [0.1, 0.15) is 5.75 Å². The van der Waals surface area contributed by atoms with E-state index >= 15 is 0 Å². The lowest BCUT2D eigenvalue weighted by Gasteiger charge is -2.11. The van der Waals surface area contributed by atoms with Crippen molar-refractivity contribution in [3.63, 3.8) is 0 Å². The molecular formula is C18H21ClN2O2. The van der Waals surface area contributed by atoms with Crippen molar-refractivity contribution in [2.45, 2.75) is 19.8 Å². The number of aryl methyl sites for hydroxylation is 1. The van der Waals surface area contributed by atoms with E-state index in [9.17, 15) is 4.79 Å². The predicted octanol–water partition coefficient (Wildman–Crippen LogP) is 3.78. The van der Waals surface area contributed by atoms with Crippen LogP contribution in [0.15, 0.2) is 48.5 Å². The summed E-state index contributed by atoms with van der Waals surface area (Å²) in [4.78, 5) is 11.7. The van der Waals surface area contributed by atoms with Gasteiger partial charge in [-0.1, -0.05) is 48.9 Å². The van der Waals surface area contributed by atoms with Gasteiger partial charge >= 0.3 is 6.03 Å². The Morgan fingerprint density at radius 2 is 1.83 bits per heavy atom. The molecule has 4 nitrogen and oxygen atoms in total. The molecule has 2 N–H and O–H groups in total. The summed E-state index contributed by atoms with van der Waals surface area (Å²) in [5, 5.41) is 6.19. The number of nitrogens with one attached hydrogen (secondary N) is 2. The van der Waals surface area contributed by atoms with Crippen LogP contribution in [-0.2, 0) is 12.8 Å². The molecular weight excluding hydrogens is 312 g/mol. The van der Waals surface area contributed by atoms with Crippen molar-refractivity contribution in [3.05, 3.63) is 64.7 Å². The van der Waals surface area contributed by atoms with E-state index in [-0.39, 0.29) is 12.8 Å². The van der Waals surface area contributed by atoms with E-state index in [4.69, 9.17) is 16.3 Å². The molecule has 0 spiro atoms. The molecule has 0 atom stereocenters. The maximum absolute atomic E-state index is 11.7. The molecule has 0 aromatic heterocycles. The first kappa shape index (κ1) is 17.2. The highest BCUT2D eigenvalue weighted by Gasteiger charge is 2.03. The van der Waals surface area contributed by atoms with Crippen LogP contribution in [0.4, 0.5) is 4.79 Å². The van der Waals surface area contributed by atoms with Gasteiger partial charge in [-0.3, -0.25) is 0 Å². The van der Waals surface area contributed by atoms with Crippen LogP contribution in [0.1, 0.15) is 18.1 Å². The molecule has 122 valence electrons. The average molecular weight is 333 g/mol. The van der Waals surface area contributed by atoms with Crippen molar-refractivity contribution in [3.8, 4) is 5.75 Å². The second kappa shape index (κ2) is 9.06. The Hall–Kier alpha value is -2.20. The fourth-order valence-electron chi connectivity index (χ4n) is 2.15. The summed E-state index contributed by atoms with van der Waals surface area (Å²) in [7, 11) is 0. The van der Waals surface area contributed by atoms with Gasteiger partial charge in [-0.15, -0.1) is 0 Å². The smallest absolute Gasteiger partial charge is 0.317 e. The fourth-order valence-corrected chi connectivity index (χ4v) is 2.28. The molecule has 0 unspecified atom stereocenters. The van der Waals surface area contributed by atoms with Gasteiger partial charge in [0.25, 0.3) is 0 Å². The quantitative estimate of drug-likeness (QED) is 0.758. The van der Waals surface area contributed by atoms with E-state index in [1.54, 1.807) is 0 Å². The van der Waals surface area contributed by atoms with Gasteiger partial charge in [-0.05, 0) is 42.2 Å². The largest absolute Gasteiger partial charge is 0.473 e. The number of amides is 2. The molecule has 0 fully saturated rings. The molecule has 0 bridgehead atoms. The number of carbonyl (C=O) groups is 1. The standard InChI is InChI=1S/C18H21ClN2O2/c1-2-15-5-3-4-6-17(15)23-13-21-18(22)20-12-11-14-7-9-16(19)10-8-14/h3-10H,2,11-13H2,1H3,(H2,20,21,22). The Balaban J connectivity index is 1.66. The van der Waals surface area contributed by atoms with Gasteiger partial charge in [-0.2, -0.15) is 0 Å². The molecule has 23 heavy (non-hydrogen) atoms. The molecule has 0 aliphatic rings. The highest BCUT2D eigenvalue weighted by Crippen LogP contribution is 2.17. The number of urea groups is 1. The van der Waals surface area contributed by atoms with Crippen molar-refractivity contribution in [2.24, 2.45) is 0 Å². The number of hydrogen-bond donors (Lipinski definition) is 2. The van der Waals surface area contributed by atoms with Gasteiger partial charge in [0.05, 0.1) is 0 Å². The number of benzene rings is 2. The fraction of sp³-hybridized carbons (Fsp3) is 0.278. The van der Waals surface area contributed by atoms with Gasteiger partial charge in [-0.25, -0.2) is 4.79 Å². The minimum Gasteiger partial charge on any atom is -0.473 e. The first-order valence-electron chi connectivity index (χ1n) is 7.66. The summed E-state index contributed by atoms with van der Waals surface area (Å²) in [6, 6.07) is 15.2. The SMILES string of the molecule is CCc1ccccc1OCNC(=O)NCCc1ccc(Cl)cc1. The van der Waals surface area contributed by atoms with Crippen molar-refractivity contribution < 1.29 is 9.53 Å². The lowest BCUT2D eigenvalue weighted by molar-refractivity contribution is 0.223. The number of para-hydroxylation sites is 1. The summed E-state index contributed by atoms with van der Waals surface area (Å²) in [6.07, 6.45) is 1.65. The Bertz CT molecular complexity index is 629. The first-order valence-corrected chi connectivity index (χ1v) is 8.03. The van der Waals surface area contributed by atoms with Crippen LogP contribution in [0, 0.1) is 0 Å². The van der Waals surface area contributed by atoms with E-state index in [2.05, 4.69) is 17.6 Å². The summed E-state index contributed by atoms with van der Waals surface area (Å²) in [5.74, 6) is 0.802. The Morgan fingerprint density at radius 1 is 1.09 bits per heavy atom. The van der Waals surface area contributed by atoms with E-state index in [1.165, 1.54) is 0 Å². The van der Waals surface area contributed by atoms with Crippen molar-refractivity contribution >= 4 is 17.6 Å². The predicted molar refractivity (Wildman–Crippen MR) is 93.0 cm³/mol. The average Bonchev–Trinajstić information content (AvgIpc) is 2.57. The van der Waals surface area contributed by atoms with Crippen LogP contribution < -0.4 is 15.4 Å². The summed E-state index contributed by atoms with van der Waals surface area (Å²) in [6.45, 7) is 2.77. The van der Waals surface area contributed by atoms with E-state index in [0.29, 0.717) is 11.6 Å². The molecule has 2 rings (SSSR count). The van der Waals surface area contributed by atoms with Crippen LogP contribution in [0.3, 0.4) is 0 Å². The first-order chi connectivity index (χ1) is 11.2. The van der Waals surface area contributed by atoms with Crippen molar-refractivity contribution in [1.29, 1.82) is 0 Å². The van der Waals surface area contributed by atoms with E-state index in [0.717, 1.165) is 29.7 Å². The third-order valence-electron chi connectivity index (χ3n) is 3.43. The van der Waals surface area contributed by atoms with Gasteiger partial charge < -0.3 is 15.4 Å². The molecule has 0 aliphatic heterocycles. The zero-order valence-corrected chi connectivity index (χ0v) is 13.9. The second-order valence-electron chi connectivity index (χ2n) is 5.06. The Kier molecular flexibility index (Phi) is 6.76. The molecule has 0 saturated carbocycles. The lowest BCUT2D eigenvalue weighted by Crippen LogP contribution is -2.38. The van der Waals surface area contributed by atoms with E-state index < -0.39 is 0 Å². The second-order valence-corrected chi connectivity index (χ2v) is 5.50. The molecule has 0 radical (unpaired) electrons. The highest BCUT2D eigenvalue weighted by atomic mass is 35.5. The van der Waals surface area contributed by atoms with Crippen molar-refractivity contribution in [2.75, 3.05) is 13.3 Å². The molecule has 2 aromatic carbocycles. The molecule has 2 amide bonds. The highest BCUT2D eigenvalue weighted by molar-refractivity contribution is 6.30. The maximum atomic E-state index is 11.7. The van der Waals surface area contributed by atoms with Gasteiger partial charge in [0, 0.05) is 11.6 Å². The van der Waals surface area contributed by atoms with Crippen LogP contribution >= 0.6 is 11.6 Å². The molecule has 5 heteroatoms. The molecule has 0 aliphatic carbocycles. The third-order valence-corrected chi connectivity index (χ3v) is 3.68. The number of ether oxygens (including phenoxy) is 1. The maximum Gasteiger partial charge on any atom is 0.317 e. The normalized spacial score (nSPS) is 10.2. The lowest BCUT2D eigenvalue weighted by atomic mass is 10.1. The van der Waals surface area contributed by atoms with Crippen molar-refractivity contribution in [1.82, 2.24) is 10.6 Å². The molecule has 2 aromatic rings. The summed E-state index contributed by atoms with van der Waals surface area (Å²) in [5.41, 5.74) is 2.25. The van der Waals surface area contributed by atoms with Gasteiger partial charge in [0.2, 0.25) is 0 Å². The number of halogens is 1. The van der Waals surface area contributed by atoms with E-state index in [1.807, 2.05) is 48.5 Å². The number of rotatable bonds is 7. The minimum absolute atomic E-state index is 0.143.